The topological polar surface area (TPSA) is 13.1 Å². The third-order valence-corrected chi connectivity index (χ3v) is 12.0. The van der Waals surface area contributed by atoms with E-state index < -0.39 is 0 Å². The van der Waals surface area contributed by atoms with Crippen molar-refractivity contribution in [1.82, 2.24) is 0 Å². The molecule has 12 rings (SSSR count). The molecule has 0 aliphatic rings. The molecule has 1 heteroatoms. The Kier molecular flexibility index (Phi) is 7.00. The molecule has 1 aromatic heterocycles. The SMILES string of the molecule is c1ccc(-c2ccc(-c3c4ccccc4c(-c4ccc5cc(-c6cccc7c6oc6ccccc67)c6c7ccccc7ccc6c5c4)c4ccccc34)cc2)cc1. The molecule has 57 heavy (non-hydrogen) atoms. The van der Waals surface area contributed by atoms with Gasteiger partial charge in [-0.05, 0) is 111 Å². The average molecular weight is 723 g/mol. The van der Waals surface area contributed by atoms with Crippen molar-refractivity contribution in [3.05, 3.63) is 206 Å². The van der Waals surface area contributed by atoms with Gasteiger partial charge in [0.15, 0.2) is 0 Å². The third-order valence-electron chi connectivity index (χ3n) is 12.0. The highest BCUT2D eigenvalue weighted by atomic mass is 16.3. The third kappa shape index (κ3) is 4.89. The summed E-state index contributed by atoms with van der Waals surface area (Å²) in [5.41, 5.74) is 11.5. The Labute approximate surface area is 329 Å². The average Bonchev–Trinajstić information content (AvgIpc) is 3.67. The van der Waals surface area contributed by atoms with Gasteiger partial charge in [-0.25, -0.2) is 0 Å². The highest BCUT2D eigenvalue weighted by Gasteiger charge is 2.20. The second-order valence-electron chi connectivity index (χ2n) is 15.1. The summed E-state index contributed by atoms with van der Waals surface area (Å²) < 4.78 is 6.64. The molecule has 1 heterocycles. The predicted molar refractivity (Wildman–Crippen MR) is 243 cm³/mol. The molecule has 0 amide bonds. The lowest BCUT2D eigenvalue weighted by Crippen LogP contribution is -1.92. The van der Waals surface area contributed by atoms with Gasteiger partial charge < -0.3 is 4.42 Å². The molecule has 264 valence electrons. The quantitative estimate of drug-likeness (QED) is 0.130. The minimum Gasteiger partial charge on any atom is -0.455 e. The summed E-state index contributed by atoms with van der Waals surface area (Å²) in [5.74, 6) is 0. The van der Waals surface area contributed by atoms with Crippen molar-refractivity contribution in [2.45, 2.75) is 0 Å². The van der Waals surface area contributed by atoms with Gasteiger partial charge in [-0.1, -0.05) is 188 Å². The first-order valence-corrected chi connectivity index (χ1v) is 19.7. The molecule has 0 atom stereocenters. The van der Waals surface area contributed by atoms with Crippen LogP contribution in [0.2, 0.25) is 0 Å². The van der Waals surface area contributed by atoms with E-state index in [-0.39, 0.29) is 0 Å². The number of benzene rings is 11. The normalized spacial score (nSPS) is 11.9. The molecule has 12 aromatic rings. The van der Waals surface area contributed by atoms with Crippen LogP contribution in [0.4, 0.5) is 0 Å². The molecule has 0 saturated carbocycles. The van der Waals surface area contributed by atoms with Crippen LogP contribution in [0.15, 0.2) is 211 Å². The zero-order chi connectivity index (χ0) is 37.5. The van der Waals surface area contributed by atoms with Crippen LogP contribution >= 0.6 is 0 Å². The Morgan fingerprint density at radius 3 is 1.54 bits per heavy atom. The van der Waals surface area contributed by atoms with Gasteiger partial charge in [0.2, 0.25) is 0 Å². The molecule has 0 saturated heterocycles. The van der Waals surface area contributed by atoms with E-state index in [1.54, 1.807) is 0 Å². The highest BCUT2D eigenvalue weighted by Crippen LogP contribution is 2.47. The van der Waals surface area contributed by atoms with Crippen molar-refractivity contribution in [2.24, 2.45) is 0 Å². The Hall–Kier alpha value is -7.48. The van der Waals surface area contributed by atoms with Crippen LogP contribution in [0.25, 0.3) is 120 Å². The molecule has 11 aromatic carbocycles. The van der Waals surface area contributed by atoms with Crippen molar-refractivity contribution in [3.8, 4) is 44.5 Å². The van der Waals surface area contributed by atoms with Gasteiger partial charge in [0, 0.05) is 16.3 Å². The van der Waals surface area contributed by atoms with Gasteiger partial charge in [-0.3, -0.25) is 0 Å². The molecular weight excluding hydrogens is 689 g/mol. The monoisotopic (exact) mass is 722 g/mol. The van der Waals surface area contributed by atoms with Gasteiger partial charge in [0.05, 0.1) is 0 Å². The molecule has 0 bridgehead atoms. The van der Waals surface area contributed by atoms with Crippen LogP contribution in [0.3, 0.4) is 0 Å². The van der Waals surface area contributed by atoms with Gasteiger partial charge in [0.1, 0.15) is 11.2 Å². The summed E-state index contributed by atoms with van der Waals surface area (Å²) in [7, 11) is 0. The molecular formula is C56H34O. The second kappa shape index (κ2) is 12.5. The summed E-state index contributed by atoms with van der Waals surface area (Å²) in [4.78, 5) is 0. The van der Waals surface area contributed by atoms with Gasteiger partial charge >= 0.3 is 0 Å². The van der Waals surface area contributed by atoms with Crippen LogP contribution in [-0.2, 0) is 0 Å². The molecule has 0 N–H and O–H groups in total. The van der Waals surface area contributed by atoms with Crippen LogP contribution in [0.5, 0.6) is 0 Å². The maximum Gasteiger partial charge on any atom is 0.143 e. The summed E-state index contributed by atoms with van der Waals surface area (Å²) in [5, 5.41) is 14.7. The molecule has 0 unspecified atom stereocenters. The molecule has 0 radical (unpaired) electrons. The van der Waals surface area contributed by atoms with Crippen molar-refractivity contribution in [1.29, 1.82) is 0 Å². The van der Waals surface area contributed by atoms with Crippen molar-refractivity contribution >= 4 is 75.8 Å². The van der Waals surface area contributed by atoms with Crippen LogP contribution < -0.4 is 0 Å². The fourth-order valence-electron chi connectivity index (χ4n) is 9.47. The van der Waals surface area contributed by atoms with Crippen molar-refractivity contribution in [3.63, 3.8) is 0 Å². The molecule has 0 spiro atoms. The van der Waals surface area contributed by atoms with E-state index in [4.69, 9.17) is 4.42 Å². The van der Waals surface area contributed by atoms with Gasteiger partial charge in [0.25, 0.3) is 0 Å². The highest BCUT2D eigenvalue weighted by molar-refractivity contribution is 6.27. The Balaban J connectivity index is 1.11. The second-order valence-corrected chi connectivity index (χ2v) is 15.1. The zero-order valence-corrected chi connectivity index (χ0v) is 31.0. The van der Waals surface area contributed by atoms with E-state index in [1.807, 2.05) is 6.07 Å². The summed E-state index contributed by atoms with van der Waals surface area (Å²) >= 11 is 0. The Morgan fingerprint density at radius 2 is 0.807 bits per heavy atom. The van der Waals surface area contributed by atoms with Crippen LogP contribution in [0, 0.1) is 0 Å². The lowest BCUT2D eigenvalue weighted by Gasteiger charge is -2.19. The van der Waals surface area contributed by atoms with Crippen molar-refractivity contribution in [2.75, 3.05) is 0 Å². The van der Waals surface area contributed by atoms with E-state index in [0.29, 0.717) is 0 Å². The molecule has 0 aliphatic carbocycles. The van der Waals surface area contributed by atoms with E-state index in [9.17, 15) is 0 Å². The number of rotatable bonds is 4. The van der Waals surface area contributed by atoms with Gasteiger partial charge in [-0.15, -0.1) is 0 Å². The summed E-state index contributed by atoms with van der Waals surface area (Å²) in [6.45, 7) is 0. The largest absolute Gasteiger partial charge is 0.455 e. The zero-order valence-electron chi connectivity index (χ0n) is 31.0. The fraction of sp³-hybridized carbons (Fsp3) is 0. The lowest BCUT2D eigenvalue weighted by atomic mass is 9.84. The standard InChI is InChI=1S/C56H34O/c1-2-13-35(14-3-1)36-25-27-38(28-26-36)53-43-18-6-8-20-45(43)54(46-21-9-7-19-44(46)53)40-30-29-39-33-51(49-23-12-22-48-42-17-10-11-24-52(42)57-56(48)49)55-41-16-5-4-15-37(41)31-32-47(55)50(39)34-40/h1-34H. The first-order chi connectivity index (χ1) is 28.3. The maximum atomic E-state index is 6.64. The van der Waals surface area contributed by atoms with E-state index >= 15 is 0 Å². The minimum atomic E-state index is 0.911. The first kappa shape index (κ1) is 31.8. The molecule has 0 fully saturated rings. The number of furan rings is 1. The smallest absolute Gasteiger partial charge is 0.143 e. The summed E-state index contributed by atoms with van der Waals surface area (Å²) in [6, 6.07) is 75.3. The van der Waals surface area contributed by atoms with Crippen LogP contribution in [-0.4, -0.2) is 0 Å². The number of fused-ring (bicyclic) bond motifs is 10. The van der Waals surface area contributed by atoms with E-state index in [1.165, 1.54) is 92.8 Å². The lowest BCUT2D eigenvalue weighted by molar-refractivity contribution is 0.670. The number of hydrogen-bond acceptors (Lipinski definition) is 1. The Morgan fingerprint density at radius 1 is 0.263 bits per heavy atom. The van der Waals surface area contributed by atoms with Crippen molar-refractivity contribution < 1.29 is 4.42 Å². The minimum absolute atomic E-state index is 0.911. The van der Waals surface area contributed by atoms with E-state index in [0.717, 1.165) is 27.5 Å². The Bertz CT molecular complexity index is 3500. The molecule has 1 nitrogen and oxygen atoms in total. The number of para-hydroxylation sites is 2. The summed E-state index contributed by atoms with van der Waals surface area (Å²) in [6.07, 6.45) is 0. The van der Waals surface area contributed by atoms with Crippen LogP contribution in [0.1, 0.15) is 0 Å². The van der Waals surface area contributed by atoms with Gasteiger partial charge in [-0.2, -0.15) is 0 Å². The number of hydrogen-bond donors (Lipinski definition) is 0. The molecule has 0 aliphatic heterocycles. The fourth-order valence-corrected chi connectivity index (χ4v) is 9.47. The maximum absolute atomic E-state index is 6.64. The van der Waals surface area contributed by atoms with E-state index in [2.05, 4.69) is 200 Å². The first-order valence-electron chi connectivity index (χ1n) is 19.7. The predicted octanol–water partition coefficient (Wildman–Crippen LogP) is 16.0.